The first kappa shape index (κ1) is 20.8. The summed E-state index contributed by atoms with van der Waals surface area (Å²) in [6.07, 6.45) is 0. The third kappa shape index (κ3) is 5.10. The molecule has 1 amide bonds. The zero-order valence-corrected chi connectivity index (χ0v) is 17.3. The van der Waals surface area contributed by atoms with Gasteiger partial charge in [-0.05, 0) is 42.3 Å². The summed E-state index contributed by atoms with van der Waals surface area (Å²) in [6.45, 7) is 2.16. The fourth-order valence-electron chi connectivity index (χ4n) is 2.98. The highest BCUT2D eigenvalue weighted by Gasteiger charge is 2.20. The van der Waals surface area contributed by atoms with Gasteiger partial charge in [0.1, 0.15) is 0 Å². The smallest absolute Gasteiger partial charge is 0.251 e. The molecule has 29 heavy (non-hydrogen) atoms. The second-order valence-electron chi connectivity index (χ2n) is 6.88. The van der Waals surface area contributed by atoms with Crippen LogP contribution in [0.3, 0.4) is 0 Å². The first-order chi connectivity index (χ1) is 13.9. The van der Waals surface area contributed by atoms with Gasteiger partial charge in [0, 0.05) is 19.2 Å². The Bertz CT molecular complexity index is 1050. The van der Waals surface area contributed by atoms with E-state index in [2.05, 4.69) is 5.32 Å². The van der Waals surface area contributed by atoms with E-state index in [-0.39, 0.29) is 23.4 Å². The van der Waals surface area contributed by atoms with Crippen molar-refractivity contribution in [2.45, 2.75) is 24.4 Å². The minimum absolute atomic E-state index is 0.106. The molecule has 0 fully saturated rings. The van der Waals surface area contributed by atoms with Crippen LogP contribution in [0.5, 0.6) is 0 Å². The average molecular weight is 409 g/mol. The van der Waals surface area contributed by atoms with E-state index in [4.69, 9.17) is 0 Å². The van der Waals surface area contributed by atoms with Gasteiger partial charge in [-0.2, -0.15) is 4.31 Å². The largest absolute Gasteiger partial charge is 0.346 e. The topological polar surface area (TPSA) is 66.5 Å². The van der Waals surface area contributed by atoms with Crippen molar-refractivity contribution in [3.63, 3.8) is 0 Å². The van der Waals surface area contributed by atoms with Crippen LogP contribution in [0.4, 0.5) is 0 Å². The van der Waals surface area contributed by atoms with Gasteiger partial charge in [0.25, 0.3) is 5.91 Å². The summed E-state index contributed by atoms with van der Waals surface area (Å²) >= 11 is 0. The number of benzene rings is 3. The van der Waals surface area contributed by atoms with Crippen molar-refractivity contribution in [1.29, 1.82) is 0 Å². The molecule has 0 aliphatic rings. The zero-order valence-electron chi connectivity index (χ0n) is 16.4. The molecule has 0 aliphatic carbocycles. The van der Waals surface area contributed by atoms with Crippen LogP contribution < -0.4 is 5.32 Å². The normalized spacial score (nSPS) is 12.5. The lowest BCUT2D eigenvalue weighted by atomic mass is 10.1. The van der Waals surface area contributed by atoms with Crippen LogP contribution in [0, 0.1) is 0 Å². The van der Waals surface area contributed by atoms with E-state index >= 15 is 0 Å². The van der Waals surface area contributed by atoms with Crippen molar-refractivity contribution in [1.82, 2.24) is 9.62 Å². The maximum Gasteiger partial charge on any atom is 0.251 e. The fraction of sp³-hybridized carbons (Fsp3) is 0.174. The van der Waals surface area contributed by atoms with Gasteiger partial charge in [-0.1, -0.05) is 60.7 Å². The minimum atomic E-state index is -3.56. The van der Waals surface area contributed by atoms with E-state index in [1.54, 1.807) is 61.6 Å². The Morgan fingerprint density at radius 3 is 2.03 bits per heavy atom. The molecule has 0 heterocycles. The third-order valence-corrected chi connectivity index (χ3v) is 6.54. The van der Waals surface area contributed by atoms with E-state index in [0.717, 1.165) is 11.1 Å². The molecule has 0 bridgehead atoms. The fourth-order valence-corrected chi connectivity index (χ4v) is 4.16. The number of hydrogen-bond donors (Lipinski definition) is 1. The summed E-state index contributed by atoms with van der Waals surface area (Å²) in [5, 5.41) is 2.97. The summed E-state index contributed by atoms with van der Waals surface area (Å²) in [7, 11) is -2.01. The minimum Gasteiger partial charge on any atom is -0.346 e. The maximum atomic E-state index is 12.6. The predicted molar refractivity (Wildman–Crippen MR) is 114 cm³/mol. The Balaban J connectivity index is 1.65. The van der Waals surface area contributed by atoms with Gasteiger partial charge in [0.05, 0.1) is 10.9 Å². The quantitative estimate of drug-likeness (QED) is 0.643. The molecule has 0 radical (unpaired) electrons. The van der Waals surface area contributed by atoms with E-state index < -0.39 is 10.0 Å². The molecule has 1 atom stereocenters. The standard InChI is InChI=1S/C23H24N2O3S/c1-18(20-9-5-3-6-10-20)24-23(26)21-15-13-19(14-16-21)17-25(2)29(27,28)22-11-7-4-8-12-22/h3-16,18H,17H2,1-2H3,(H,24,26)/t18-/m0/s1. The number of carbonyl (C=O) groups excluding carboxylic acids is 1. The molecule has 3 aromatic carbocycles. The predicted octanol–water partition coefficient (Wildman–Crippen LogP) is 4.00. The summed E-state index contributed by atoms with van der Waals surface area (Å²) in [4.78, 5) is 12.7. The first-order valence-corrected chi connectivity index (χ1v) is 10.8. The van der Waals surface area contributed by atoms with Gasteiger partial charge < -0.3 is 5.32 Å². The van der Waals surface area contributed by atoms with Gasteiger partial charge in [-0.3, -0.25) is 4.79 Å². The molecule has 3 aromatic rings. The van der Waals surface area contributed by atoms with Crippen molar-refractivity contribution in [3.05, 3.63) is 102 Å². The molecule has 3 rings (SSSR count). The van der Waals surface area contributed by atoms with Crippen LogP contribution >= 0.6 is 0 Å². The maximum absolute atomic E-state index is 12.6. The first-order valence-electron chi connectivity index (χ1n) is 9.34. The molecule has 0 aromatic heterocycles. The van der Waals surface area contributed by atoms with Gasteiger partial charge in [-0.15, -0.1) is 0 Å². The van der Waals surface area contributed by atoms with Gasteiger partial charge in [0.15, 0.2) is 0 Å². The Hall–Kier alpha value is -2.96. The monoisotopic (exact) mass is 408 g/mol. The van der Waals surface area contributed by atoms with E-state index in [1.165, 1.54) is 4.31 Å². The number of hydrogen-bond acceptors (Lipinski definition) is 3. The Kier molecular flexibility index (Phi) is 6.46. The highest BCUT2D eigenvalue weighted by atomic mass is 32.2. The number of nitrogens with zero attached hydrogens (tertiary/aromatic N) is 1. The second kappa shape index (κ2) is 9.03. The molecular formula is C23H24N2O3S. The van der Waals surface area contributed by atoms with Crippen molar-refractivity contribution in [2.24, 2.45) is 0 Å². The Morgan fingerprint density at radius 2 is 1.45 bits per heavy atom. The van der Waals surface area contributed by atoms with E-state index in [1.807, 2.05) is 37.3 Å². The van der Waals surface area contributed by atoms with Crippen molar-refractivity contribution < 1.29 is 13.2 Å². The molecule has 0 saturated heterocycles. The lowest BCUT2D eigenvalue weighted by molar-refractivity contribution is 0.0940. The molecule has 150 valence electrons. The molecule has 0 spiro atoms. The van der Waals surface area contributed by atoms with Gasteiger partial charge >= 0.3 is 0 Å². The SMILES string of the molecule is C[C@H](NC(=O)c1ccc(CN(C)S(=O)(=O)c2ccccc2)cc1)c1ccccc1. The zero-order chi connectivity index (χ0) is 20.9. The number of carbonyl (C=O) groups is 1. The Labute approximate surface area is 172 Å². The van der Waals surface area contributed by atoms with Crippen molar-refractivity contribution in [3.8, 4) is 0 Å². The third-order valence-electron chi connectivity index (χ3n) is 4.72. The number of rotatable bonds is 7. The molecule has 0 unspecified atom stereocenters. The Morgan fingerprint density at radius 1 is 0.897 bits per heavy atom. The van der Waals surface area contributed by atoms with E-state index in [0.29, 0.717) is 5.56 Å². The molecule has 6 heteroatoms. The van der Waals surface area contributed by atoms with Crippen molar-refractivity contribution in [2.75, 3.05) is 7.05 Å². The average Bonchev–Trinajstić information content (AvgIpc) is 2.75. The summed E-state index contributed by atoms with van der Waals surface area (Å²) < 4.78 is 26.6. The summed E-state index contributed by atoms with van der Waals surface area (Å²) in [5.74, 6) is -0.168. The van der Waals surface area contributed by atoms with Gasteiger partial charge in [-0.25, -0.2) is 8.42 Å². The van der Waals surface area contributed by atoms with Crippen LogP contribution in [-0.4, -0.2) is 25.7 Å². The van der Waals surface area contributed by atoms with Crippen LogP contribution in [-0.2, 0) is 16.6 Å². The highest BCUT2D eigenvalue weighted by Crippen LogP contribution is 2.17. The van der Waals surface area contributed by atoms with Crippen LogP contribution in [0.15, 0.2) is 89.8 Å². The molecule has 0 aliphatic heterocycles. The van der Waals surface area contributed by atoms with Crippen molar-refractivity contribution >= 4 is 15.9 Å². The lowest BCUT2D eigenvalue weighted by Crippen LogP contribution is -2.27. The molecule has 0 saturated carbocycles. The summed E-state index contributed by atoms with van der Waals surface area (Å²) in [6, 6.07) is 25.0. The van der Waals surface area contributed by atoms with Gasteiger partial charge in [0.2, 0.25) is 10.0 Å². The molecular weight excluding hydrogens is 384 g/mol. The van der Waals surface area contributed by atoms with Crippen LogP contribution in [0.25, 0.3) is 0 Å². The number of amides is 1. The second-order valence-corrected chi connectivity index (χ2v) is 8.92. The van der Waals surface area contributed by atoms with Crippen LogP contribution in [0.2, 0.25) is 0 Å². The number of sulfonamides is 1. The highest BCUT2D eigenvalue weighted by molar-refractivity contribution is 7.89. The molecule has 1 N–H and O–H groups in total. The summed E-state index contributed by atoms with van der Waals surface area (Å²) in [5.41, 5.74) is 2.37. The lowest BCUT2D eigenvalue weighted by Gasteiger charge is -2.18. The van der Waals surface area contributed by atoms with Crippen LogP contribution in [0.1, 0.15) is 34.5 Å². The molecule has 5 nitrogen and oxygen atoms in total. The van der Waals surface area contributed by atoms with E-state index in [9.17, 15) is 13.2 Å². The number of nitrogens with one attached hydrogen (secondary N) is 1.